The summed E-state index contributed by atoms with van der Waals surface area (Å²) in [7, 11) is 0. The van der Waals surface area contributed by atoms with Crippen LogP contribution in [0.15, 0.2) is 35.1 Å². The van der Waals surface area contributed by atoms with Crippen molar-refractivity contribution < 1.29 is 9.72 Å². The van der Waals surface area contributed by atoms with Gasteiger partial charge in [-0.25, -0.2) is 0 Å². The van der Waals surface area contributed by atoms with E-state index in [0.717, 1.165) is 16.7 Å². The lowest BCUT2D eigenvalue weighted by atomic mass is 10.3. The molecule has 2 aromatic rings. The van der Waals surface area contributed by atoms with Crippen molar-refractivity contribution in [2.45, 2.75) is 13.5 Å². The van der Waals surface area contributed by atoms with Gasteiger partial charge < -0.3 is 5.32 Å². The van der Waals surface area contributed by atoms with Gasteiger partial charge in [-0.15, -0.1) is 0 Å². The Balaban J connectivity index is 2.27. The number of hydrogen-bond acceptors (Lipinski definition) is 4. The van der Waals surface area contributed by atoms with Gasteiger partial charge in [0.05, 0.1) is 26.3 Å². The van der Waals surface area contributed by atoms with E-state index in [1.807, 2.05) is 0 Å². The summed E-state index contributed by atoms with van der Waals surface area (Å²) in [6.45, 7) is 1.02. The molecule has 0 saturated heterocycles. The molecule has 0 spiro atoms. The number of nitrogens with one attached hydrogen (secondary N) is 1. The van der Waals surface area contributed by atoms with Gasteiger partial charge in [-0.05, 0) is 19.1 Å². The number of benzene rings is 1. The molecule has 0 bridgehead atoms. The third-order valence-electron chi connectivity index (χ3n) is 3.15. The molecule has 0 unspecified atom stereocenters. The standard InChI is InChI=1S/C14H11Cl2N3O4/c1-8-11(19(22)23)5-6-13(21)18(8)7-12(20)17-10-4-2-3-9(15)14(10)16/h2-6H,7H2,1H3,(H,17,20). The highest BCUT2D eigenvalue weighted by atomic mass is 35.5. The van der Waals surface area contributed by atoms with Crippen molar-refractivity contribution in [3.63, 3.8) is 0 Å². The van der Waals surface area contributed by atoms with Gasteiger partial charge in [0.1, 0.15) is 6.54 Å². The van der Waals surface area contributed by atoms with Crippen LogP contribution in [0.25, 0.3) is 0 Å². The van der Waals surface area contributed by atoms with Gasteiger partial charge in [0, 0.05) is 12.1 Å². The zero-order valence-electron chi connectivity index (χ0n) is 11.9. The fourth-order valence-corrected chi connectivity index (χ4v) is 2.34. The fourth-order valence-electron chi connectivity index (χ4n) is 1.99. The average Bonchev–Trinajstić information content (AvgIpc) is 2.48. The third-order valence-corrected chi connectivity index (χ3v) is 3.97. The molecule has 0 aliphatic heterocycles. The van der Waals surface area contributed by atoms with Gasteiger partial charge in [-0.2, -0.15) is 0 Å². The van der Waals surface area contributed by atoms with Gasteiger partial charge >= 0.3 is 0 Å². The topological polar surface area (TPSA) is 94.2 Å². The molecule has 1 aromatic heterocycles. The zero-order valence-corrected chi connectivity index (χ0v) is 13.4. The first-order valence-corrected chi connectivity index (χ1v) is 7.15. The van der Waals surface area contributed by atoms with Gasteiger partial charge in [0.15, 0.2) is 0 Å². The molecule has 1 N–H and O–H groups in total. The van der Waals surface area contributed by atoms with Crippen molar-refractivity contribution in [1.29, 1.82) is 0 Å². The molecule has 7 nitrogen and oxygen atoms in total. The molecule has 0 fully saturated rings. The smallest absolute Gasteiger partial charge is 0.288 e. The quantitative estimate of drug-likeness (QED) is 0.673. The number of carbonyl (C=O) groups excluding carboxylic acids is 1. The molecule has 0 radical (unpaired) electrons. The van der Waals surface area contributed by atoms with Crippen LogP contribution >= 0.6 is 23.2 Å². The summed E-state index contributed by atoms with van der Waals surface area (Å²) in [5, 5.41) is 13.9. The number of halogens is 2. The molecule has 0 saturated carbocycles. The second-order valence-corrected chi connectivity index (χ2v) is 5.42. The van der Waals surface area contributed by atoms with Crippen LogP contribution < -0.4 is 10.9 Å². The number of carbonyl (C=O) groups is 1. The summed E-state index contributed by atoms with van der Waals surface area (Å²) in [5.41, 5.74) is -0.367. The highest BCUT2D eigenvalue weighted by Crippen LogP contribution is 2.29. The second-order valence-electron chi connectivity index (χ2n) is 4.64. The maximum atomic E-state index is 12.1. The first kappa shape index (κ1) is 17.0. The van der Waals surface area contributed by atoms with Crippen LogP contribution in [0.2, 0.25) is 10.0 Å². The highest BCUT2D eigenvalue weighted by Gasteiger charge is 2.17. The van der Waals surface area contributed by atoms with Crippen LogP contribution in [-0.4, -0.2) is 15.4 Å². The Hall–Kier alpha value is -2.38. The van der Waals surface area contributed by atoms with Crippen molar-refractivity contribution in [2.24, 2.45) is 0 Å². The maximum Gasteiger partial charge on any atom is 0.288 e. The van der Waals surface area contributed by atoms with Crippen LogP contribution in [0, 0.1) is 17.0 Å². The molecule has 0 aliphatic carbocycles. The second kappa shape index (κ2) is 6.80. The summed E-state index contributed by atoms with van der Waals surface area (Å²) in [5.74, 6) is -0.556. The van der Waals surface area contributed by atoms with Crippen molar-refractivity contribution in [2.75, 3.05) is 5.32 Å². The van der Waals surface area contributed by atoms with E-state index < -0.39 is 16.4 Å². The van der Waals surface area contributed by atoms with E-state index in [4.69, 9.17) is 23.2 Å². The molecule has 2 rings (SSSR count). The Labute approximate surface area is 140 Å². The lowest BCUT2D eigenvalue weighted by Crippen LogP contribution is -2.29. The minimum atomic E-state index is -0.614. The number of nitro groups is 1. The van der Waals surface area contributed by atoms with Crippen molar-refractivity contribution in [3.8, 4) is 0 Å². The van der Waals surface area contributed by atoms with Crippen LogP contribution in [0.4, 0.5) is 11.4 Å². The van der Waals surface area contributed by atoms with Crippen LogP contribution in [-0.2, 0) is 11.3 Å². The summed E-state index contributed by atoms with van der Waals surface area (Å²) in [6, 6.07) is 6.88. The number of amides is 1. The number of aromatic nitrogens is 1. The highest BCUT2D eigenvalue weighted by molar-refractivity contribution is 6.43. The fraction of sp³-hybridized carbons (Fsp3) is 0.143. The van der Waals surface area contributed by atoms with Crippen LogP contribution in [0.1, 0.15) is 5.69 Å². The first-order chi connectivity index (χ1) is 10.8. The van der Waals surface area contributed by atoms with Gasteiger partial charge in [-0.1, -0.05) is 29.3 Å². The first-order valence-electron chi connectivity index (χ1n) is 6.40. The molecular weight excluding hydrogens is 345 g/mol. The van der Waals surface area contributed by atoms with Crippen LogP contribution in [0.3, 0.4) is 0 Å². The Morgan fingerprint density at radius 2 is 2.00 bits per heavy atom. The van der Waals surface area contributed by atoms with Crippen LogP contribution in [0.5, 0.6) is 0 Å². The molecule has 1 amide bonds. The van der Waals surface area contributed by atoms with E-state index >= 15 is 0 Å². The Morgan fingerprint density at radius 3 is 2.65 bits per heavy atom. The maximum absolute atomic E-state index is 12.1. The number of nitrogens with zero attached hydrogens (tertiary/aromatic N) is 2. The summed E-state index contributed by atoms with van der Waals surface area (Å²) < 4.78 is 1.02. The molecule has 120 valence electrons. The van der Waals surface area contributed by atoms with Crippen molar-refractivity contribution >= 4 is 40.5 Å². The summed E-state index contributed by atoms with van der Waals surface area (Å²) in [6.07, 6.45) is 0. The van der Waals surface area contributed by atoms with E-state index in [2.05, 4.69) is 5.32 Å². The summed E-state index contributed by atoms with van der Waals surface area (Å²) >= 11 is 11.8. The van der Waals surface area contributed by atoms with E-state index in [9.17, 15) is 19.7 Å². The van der Waals surface area contributed by atoms with Crippen molar-refractivity contribution in [1.82, 2.24) is 4.57 Å². The molecule has 1 heterocycles. The normalized spacial score (nSPS) is 10.4. The predicted molar refractivity (Wildman–Crippen MR) is 87.2 cm³/mol. The van der Waals surface area contributed by atoms with Crippen molar-refractivity contribution in [3.05, 3.63) is 66.5 Å². The third kappa shape index (κ3) is 3.69. The molecular formula is C14H11Cl2N3O4. The Bertz CT molecular complexity index is 848. The minimum Gasteiger partial charge on any atom is -0.323 e. The van der Waals surface area contributed by atoms with E-state index in [0.29, 0.717) is 5.69 Å². The Morgan fingerprint density at radius 1 is 1.30 bits per heavy atom. The largest absolute Gasteiger partial charge is 0.323 e. The monoisotopic (exact) mass is 355 g/mol. The molecule has 23 heavy (non-hydrogen) atoms. The summed E-state index contributed by atoms with van der Waals surface area (Å²) in [4.78, 5) is 34.2. The lowest BCUT2D eigenvalue weighted by molar-refractivity contribution is -0.386. The van der Waals surface area contributed by atoms with Gasteiger partial charge in [0.2, 0.25) is 5.91 Å². The van der Waals surface area contributed by atoms with Gasteiger partial charge in [0.25, 0.3) is 11.2 Å². The van der Waals surface area contributed by atoms with E-state index in [-0.39, 0.29) is 28.0 Å². The van der Waals surface area contributed by atoms with E-state index in [1.165, 1.54) is 6.92 Å². The SMILES string of the molecule is Cc1c([N+](=O)[O-])ccc(=O)n1CC(=O)Nc1cccc(Cl)c1Cl. The number of hydrogen-bond donors (Lipinski definition) is 1. The lowest BCUT2D eigenvalue weighted by Gasteiger charge is -2.11. The minimum absolute atomic E-state index is 0.0924. The zero-order chi connectivity index (χ0) is 17.1. The molecule has 1 aromatic carbocycles. The van der Waals surface area contributed by atoms with Gasteiger partial charge in [-0.3, -0.25) is 24.3 Å². The number of anilines is 1. The number of rotatable bonds is 4. The molecule has 0 aliphatic rings. The number of pyridine rings is 1. The Kier molecular flexibility index (Phi) is 5.02. The average molecular weight is 356 g/mol. The molecule has 0 atom stereocenters. The van der Waals surface area contributed by atoms with E-state index in [1.54, 1.807) is 18.2 Å². The molecule has 9 heteroatoms. The predicted octanol–water partition coefficient (Wildman–Crippen LogP) is 3.01.